The monoisotopic (exact) mass is 630 g/mol. The summed E-state index contributed by atoms with van der Waals surface area (Å²) in [5.74, 6) is 2.89. The summed E-state index contributed by atoms with van der Waals surface area (Å²) in [7, 11) is 0. The van der Waals surface area contributed by atoms with Crippen LogP contribution in [0.25, 0.3) is 0 Å². The van der Waals surface area contributed by atoms with Gasteiger partial charge >= 0.3 is 153 Å². The Morgan fingerprint density at radius 1 is 1.06 bits per heavy atom. The molecule has 3 rings (SSSR count). The fraction of sp³-hybridized carbons (Fsp3) is 0.818. The Balaban J connectivity index is 1.46. The number of hydrogen-bond acceptors (Lipinski definition) is 2. The third-order valence-electron chi connectivity index (χ3n) is 2.97. The van der Waals surface area contributed by atoms with E-state index in [1.54, 1.807) is 5.32 Å². The van der Waals surface area contributed by atoms with E-state index in [-0.39, 0.29) is 0 Å². The molecule has 3 saturated heterocycles. The molecule has 3 fully saturated rings. The summed E-state index contributed by atoms with van der Waals surface area (Å²) in [6.07, 6.45) is 2.90. The third-order valence-corrected chi connectivity index (χ3v) is 19.3. The molecule has 0 nitrogen and oxygen atoms in total. The summed E-state index contributed by atoms with van der Waals surface area (Å²) in [5.41, 5.74) is 0. The molecule has 4 atom stereocenters. The molecular weight excluding hydrogens is 609 g/mol. The van der Waals surface area contributed by atoms with Gasteiger partial charge in [0.15, 0.2) is 0 Å². The zero-order valence-electron chi connectivity index (χ0n) is 9.29. The van der Waals surface area contributed by atoms with Crippen molar-refractivity contribution in [2.45, 2.75) is 37.2 Å². The molecule has 0 N–H and O–H groups in total. The topological polar surface area (TPSA) is 0 Å². The fourth-order valence-electron chi connectivity index (χ4n) is 1.79. The third kappa shape index (κ3) is 4.78. The average molecular weight is 623 g/mol. The second kappa shape index (κ2) is 6.88. The SMILES string of the molecule is [Te]=C(CC1CS1)C1C[Se]C(C(=[Te])CC2CS2)[Se]1. The second-order valence-corrected chi connectivity index (χ2v) is 16.9. The van der Waals surface area contributed by atoms with Gasteiger partial charge in [-0.15, -0.1) is 0 Å². The van der Waals surface area contributed by atoms with Gasteiger partial charge in [-0.2, -0.15) is 0 Å². The van der Waals surface area contributed by atoms with E-state index < -0.39 is 0 Å². The van der Waals surface area contributed by atoms with Gasteiger partial charge in [0.05, 0.1) is 0 Å². The number of thioether (sulfide) groups is 2. The van der Waals surface area contributed by atoms with Gasteiger partial charge < -0.3 is 0 Å². The maximum atomic E-state index is 2.38. The molecule has 0 bridgehead atoms. The summed E-state index contributed by atoms with van der Waals surface area (Å²) in [6.45, 7) is 0. The molecular formula is C11H14S2Se2Te2. The fourth-order valence-corrected chi connectivity index (χ4v) is 17.0. The van der Waals surface area contributed by atoms with Crippen LogP contribution in [0.1, 0.15) is 12.8 Å². The van der Waals surface area contributed by atoms with E-state index >= 15 is 0 Å². The Labute approximate surface area is 150 Å². The Morgan fingerprint density at radius 2 is 1.65 bits per heavy atom. The normalized spacial score (nSPS) is 39.1. The zero-order valence-corrected chi connectivity index (χ0v) is 19.0. The van der Waals surface area contributed by atoms with Crippen LogP contribution in [0, 0.1) is 0 Å². The molecule has 0 amide bonds. The van der Waals surface area contributed by atoms with E-state index in [9.17, 15) is 0 Å². The van der Waals surface area contributed by atoms with E-state index in [0.717, 1.165) is 48.9 Å². The molecule has 0 saturated carbocycles. The number of hydrogen-bond donors (Lipinski definition) is 0. The first-order valence-corrected chi connectivity index (χ1v) is 14.4. The van der Waals surface area contributed by atoms with E-state index in [4.69, 9.17) is 0 Å². The first kappa shape index (κ1) is 15.0. The molecule has 3 aliphatic rings. The first-order valence-electron chi connectivity index (χ1n) is 5.78. The van der Waals surface area contributed by atoms with E-state index in [0.29, 0.717) is 0 Å². The second-order valence-electron chi connectivity index (χ2n) is 4.54. The summed E-state index contributed by atoms with van der Waals surface area (Å²) in [4.78, 5) is 1.06. The Morgan fingerprint density at radius 3 is 2.24 bits per heavy atom. The molecule has 17 heavy (non-hydrogen) atoms. The van der Waals surface area contributed by atoms with Gasteiger partial charge in [0.25, 0.3) is 0 Å². The van der Waals surface area contributed by atoms with Crippen molar-refractivity contribution in [1.29, 1.82) is 0 Å². The molecule has 3 aliphatic heterocycles. The van der Waals surface area contributed by atoms with Gasteiger partial charge in [0.1, 0.15) is 0 Å². The van der Waals surface area contributed by atoms with Crippen molar-refractivity contribution in [3.8, 4) is 0 Å². The minimum absolute atomic E-state index is 0.915. The van der Waals surface area contributed by atoms with Crippen molar-refractivity contribution >= 4 is 104 Å². The van der Waals surface area contributed by atoms with Gasteiger partial charge in [0.2, 0.25) is 0 Å². The van der Waals surface area contributed by atoms with Crippen LogP contribution in [0.4, 0.5) is 0 Å². The van der Waals surface area contributed by atoms with Crippen molar-refractivity contribution in [2.24, 2.45) is 0 Å². The van der Waals surface area contributed by atoms with Gasteiger partial charge in [-0.25, -0.2) is 0 Å². The predicted octanol–water partition coefficient (Wildman–Crippen LogP) is 1.05. The Bertz CT molecular complexity index is 310. The zero-order chi connectivity index (χ0) is 11.8. The Kier molecular flexibility index (Phi) is 6.06. The predicted molar refractivity (Wildman–Crippen MR) is 87.1 cm³/mol. The van der Waals surface area contributed by atoms with Crippen molar-refractivity contribution in [3.63, 3.8) is 0 Å². The van der Waals surface area contributed by atoms with Crippen molar-refractivity contribution < 1.29 is 0 Å². The van der Waals surface area contributed by atoms with Crippen LogP contribution in [0.15, 0.2) is 0 Å². The van der Waals surface area contributed by atoms with Crippen LogP contribution in [0.3, 0.4) is 0 Å². The number of rotatable bonds is 6. The van der Waals surface area contributed by atoms with Crippen LogP contribution < -0.4 is 0 Å². The van der Waals surface area contributed by atoms with Crippen LogP contribution in [0.2, 0.25) is 13.9 Å². The maximum absolute atomic E-state index is 2.38. The van der Waals surface area contributed by atoms with Gasteiger partial charge in [-0.3, -0.25) is 0 Å². The van der Waals surface area contributed by atoms with Gasteiger partial charge in [-0.05, 0) is 0 Å². The molecule has 0 spiro atoms. The summed E-state index contributed by atoms with van der Waals surface area (Å²) in [6, 6.07) is 0. The molecule has 6 heteroatoms. The summed E-state index contributed by atoms with van der Waals surface area (Å²) < 4.78 is 4.85. The van der Waals surface area contributed by atoms with E-state index in [1.807, 2.05) is 7.10 Å². The molecule has 3 heterocycles. The average Bonchev–Trinajstić information content (AvgIpc) is 3.22. The molecule has 0 radical (unpaired) electrons. The van der Waals surface area contributed by atoms with Crippen molar-refractivity contribution in [3.05, 3.63) is 0 Å². The first-order chi connectivity index (χ1) is 8.22. The van der Waals surface area contributed by atoms with Crippen LogP contribution in [0.5, 0.6) is 0 Å². The summed E-state index contributed by atoms with van der Waals surface area (Å²) in [5, 5.41) is 3.62. The molecule has 4 unspecified atom stereocenters. The molecule has 0 aromatic carbocycles. The standard InChI is InChI=1S/C11H14S2Se2Te2/c16-9(1-6-3-12-6)8-5-14-11(15-8)10(17)2-7-4-13-7/h6-8,11H,1-5H2. The summed E-state index contributed by atoms with van der Waals surface area (Å²) >= 11 is 10.9. The minimum atomic E-state index is 0.915. The van der Waals surface area contributed by atoms with Crippen LogP contribution in [-0.4, -0.2) is 103 Å². The van der Waals surface area contributed by atoms with Crippen LogP contribution in [-0.2, 0) is 0 Å². The molecule has 0 aromatic heterocycles. The van der Waals surface area contributed by atoms with Gasteiger partial charge in [-0.1, -0.05) is 0 Å². The quantitative estimate of drug-likeness (QED) is 0.321. The molecule has 0 aliphatic carbocycles. The van der Waals surface area contributed by atoms with E-state index in [2.05, 4.69) is 67.2 Å². The van der Waals surface area contributed by atoms with Crippen LogP contribution >= 0.6 is 23.5 Å². The molecule has 94 valence electrons. The molecule has 0 aromatic rings. The van der Waals surface area contributed by atoms with Gasteiger partial charge in [0, 0.05) is 0 Å². The van der Waals surface area contributed by atoms with E-state index in [1.165, 1.54) is 24.3 Å². The van der Waals surface area contributed by atoms with Crippen molar-refractivity contribution in [2.75, 3.05) is 11.5 Å². The Hall–Kier alpha value is 3.06. The van der Waals surface area contributed by atoms with Crippen molar-refractivity contribution in [1.82, 2.24) is 0 Å².